The molecule has 1 fully saturated rings. The second-order valence-corrected chi connectivity index (χ2v) is 7.74. The number of fused-ring (bicyclic) bond motifs is 2. The molecule has 0 amide bonds. The predicted octanol–water partition coefficient (Wildman–Crippen LogP) is 4.69. The molecule has 3 aliphatic rings. The third-order valence-corrected chi connectivity index (χ3v) is 6.21. The van der Waals surface area contributed by atoms with E-state index in [4.69, 9.17) is 14.2 Å². The van der Waals surface area contributed by atoms with Gasteiger partial charge in [0.05, 0.1) is 7.11 Å². The molecule has 2 aromatic carbocycles. The van der Waals surface area contributed by atoms with Gasteiger partial charge in [0.2, 0.25) is 0 Å². The van der Waals surface area contributed by atoms with E-state index < -0.39 is 5.79 Å². The van der Waals surface area contributed by atoms with E-state index in [1.165, 1.54) is 36.0 Å². The summed E-state index contributed by atoms with van der Waals surface area (Å²) in [5.41, 5.74) is 3.83. The van der Waals surface area contributed by atoms with Crippen LogP contribution in [-0.4, -0.2) is 12.9 Å². The van der Waals surface area contributed by atoms with E-state index >= 15 is 0 Å². The van der Waals surface area contributed by atoms with Crippen molar-refractivity contribution >= 4 is 0 Å². The van der Waals surface area contributed by atoms with Crippen LogP contribution in [0.15, 0.2) is 36.4 Å². The molecular weight excluding hydrogens is 312 g/mol. The molecule has 3 heteroatoms. The zero-order chi connectivity index (χ0) is 17.0. The minimum Gasteiger partial charge on any atom is -0.497 e. The van der Waals surface area contributed by atoms with Crippen molar-refractivity contribution in [2.75, 3.05) is 7.11 Å². The molecule has 5 rings (SSSR count). The highest BCUT2D eigenvalue weighted by molar-refractivity contribution is 5.45. The Morgan fingerprint density at radius 3 is 2.24 bits per heavy atom. The van der Waals surface area contributed by atoms with E-state index in [9.17, 15) is 0 Å². The number of hydrogen-bond donors (Lipinski definition) is 0. The van der Waals surface area contributed by atoms with Crippen molar-refractivity contribution in [2.24, 2.45) is 11.8 Å². The van der Waals surface area contributed by atoms with Crippen molar-refractivity contribution in [1.29, 1.82) is 0 Å². The molecule has 130 valence electrons. The van der Waals surface area contributed by atoms with E-state index in [1.807, 2.05) is 12.1 Å². The Morgan fingerprint density at radius 1 is 0.920 bits per heavy atom. The van der Waals surface area contributed by atoms with Crippen molar-refractivity contribution in [3.63, 3.8) is 0 Å². The Morgan fingerprint density at radius 2 is 1.56 bits per heavy atom. The van der Waals surface area contributed by atoms with Crippen LogP contribution in [0.1, 0.15) is 36.0 Å². The predicted molar refractivity (Wildman–Crippen MR) is 96.4 cm³/mol. The van der Waals surface area contributed by atoms with Crippen LogP contribution in [-0.2, 0) is 12.8 Å². The van der Waals surface area contributed by atoms with Gasteiger partial charge in [0.25, 0.3) is 5.79 Å². The number of methoxy groups -OCH3 is 1. The van der Waals surface area contributed by atoms with Gasteiger partial charge in [-0.15, -0.1) is 0 Å². The minimum atomic E-state index is -0.515. The van der Waals surface area contributed by atoms with E-state index in [0.29, 0.717) is 11.8 Å². The first kappa shape index (κ1) is 15.1. The summed E-state index contributed by atoms with van der Waals surface area (Å²) in [6, 6.07) is 12.8. The first-order valence-electron chi connectivity index (χ1n) is 9.32. The molecule has 2 aliphatic heterocycles. The molecule has 1 saturated carbocycles. The van der Waals surface area contributed by atoms with Gasteiger partial charge in [0.1, 0.15) is 17.2 Å². The summed E-state index contributed by atoms with van der Waals surface area (Å²) < 4.78 is 18.7. The van der Waals surface area contributed by atoms with Crippen molar-refractivity contribution in [3.8, 4) is 17.2 Å². The molecule has 2 aromatic rings. The summed E-state index contributed by atoms with van der Waals surface area (Å²) in [6.07, 6.45) is 5.67. The number of hydrogen-bond acceptors (Lipinski definition) is 3. The van der Waals surface area contributed by atoms with Gasteiger partial charge >= 0.3 is 0 Å². The Kier molecular flexibility index (Phi) is 3.28. The van der Waals surface area contributed by atoms with Gasteiger partial charge in [-0.05, 0) is 61.4 Å². The Labute approximate surface area is 148 Å². The normalized spacial score (nSPS) is 29.2. The van der Waals surface area contributed by atoms with Gasteiger partial charge in [-0.3, -0.25) is 0 Å². The van der Waals surface area contributed by atoms with E-state index in [-0.39, 0.29) is 0 Å². The lowest BCUT2D eigenvalue weighted by Crippen LogP contribution is -2.61. The maximum Gasteiger partial charge on any atom is 0.257 e. The largest absolute Gasteiger partial charge is 0.497 e. The summed E-state index contributed by atoms with van der Waals surface area (Å²) in [5.74, 6) is 3.10. The first-order valence-corrected chi connectivity index (χ1v) is 9.32. The van der Waals surface area contributed by atoms with Crippen LogP contribution in [0.4, 0.5) is 0 Å². The Hall–Kier alpha value is -2.16. The smallest absolute Gasteiger partial charge is 0.257 e. The van der Waals surface area contributed by atoms with Gasteiger partial charge in [-0.2, -0.15) is 0 Å². The summed E-state index contributed by atoms with van der Waals surface area (Å²) in [4.78, 5) is 0. The maximum atomic E-state index is 6.68. The molecule has 25 heavy (non-hydrogen) atoms. The minimum absolute atomic E-state index is 0.417. The van der Waals surface area contributed by atoms with E-state index in [0.717, 1.165) is 30.1 Å². The van der Waals surface area contributed by atoms with Gasteiger partial charge < -0.3 is 14.2 Å². The molecule has 2 heterocycles. The van der Waals surface area contributed by atoms with Crippen molar-refractivity contribution in [3.05, 3.63) is 53.1 Å². The summed E-state index contributed by atoms with van der Waals surface area (Å²) in [7, 11) is 1.70. The molecule has 0 bridgehead atoms. The van der Waals surface area contributed by atoms with Crippen LogP contribution in [0.5, 0.6) is 17.2 Å². The zero-order valence-electron chi connectivity index (χ0n) is 14.9. The lowest BCUT2D eigenvalue weighted by molar-refractivity contribution is -0.226. The molecular formula is C22H24O3. The fourth-order valence-corrected chi connectivity index (χ4v) is 4.91. The topological polar surface area (TPSA) is 27.7 Å². The molecule has 1 aliphatic carbocycles. The van der Waals surface area contributed by atoms with Crippen LogP contribution in [0.2, 0.25) is 0 Å². The molecule has 1 spiro atoms. The van der Waals surface area contributed by atoms with Crippen LogP contribution < -0.4 is 14.2 Å². The summed E-state index contributed by atoms with van der Waals surface area (Å²) in [6.45, 7) is 2.12. The van der Waals surface area contributed by atoms with Gasteiger partial charge in [-0.25, -0.2) is 0 Å². The quantitative estimate of drug-likeness (QED) is 0.756. The number of aryl methyl sites for hydroxylation is 1. The molecule has 3 nitrogen and oxygen atoms in total. The van der Waals surface area contributed by atoms with E-state index in [2.05, 4.69) is 31.2 Å². The Balaban J connectivity index is 1.60. The first-order chi connectivity index (χ1) is 12.2. The molecule has 0 N–H and O–H groups in total. The molecule has 0 aromatic heterocycles. The average molecular weight is 336 g/mol. The monoisotopic (exact) mass is 336 g/mol. The fourth-order valence-electron chi connectivity index (χ4n) is 4.91. The fraction of sp³-hybridized carbons (Fsp3) is 0.455. The zero-order valence-corrected chi connectivity index (χ0v) is 14.9. The van der Waals surface area contributed by atoms with Crippen molar-refractivity contribution < 1.29 is 14.2 Å². The van der Waals surface area contributed by atoms with Crippen molar-refractivity contribution in [1.82, 2.24) is 0 Å². The summed E-state index contributed by atoms with van der Waals surface area (Å²) in [5, 5.41) is 0. The van der Waals surface area contributed by atoms with Gasteiger partial charge in [-0.1, -0.05) is 24.6 Å². The summed E-state index contributed by atoms with van der Waals surface area (Å²) >= 11 is 0. The van der Waals surface area contributed by atoms with E-state index in [1.54, 1.807) is 7.11 Å². The van der Waals surface area contributed by atoms with Crippen LogP contribution >= 0.6 is 0 Å². The number of ether oxygens (including phenoxy) is 3. The highest BCUT2D eigenvalue weighted by Crippen LogP contribution is 2.53. The van der Waals surface area contributed by atoms with Gasteiger partial charge in [0, 0.05) is 17.9 Å². The number of benzene rings is 2. The standard InChI is InChI=1S/C22H24O3/c1-14-6-7-15-11-17-4-3-5-18-12-16-8-9-19(23-2)13-21(16)25-22(17,18)24-20(15)10-14/h6-10,13,17-18H,3-5,11-12H2,1-2H3/t17-,18-,22-/m1/s1. The lowest BCUT2D eigenvalue weighted by atomic mass is 9.68. The van der Waals surface area contributed by atoms with Crippen molar-refractivity contribution in [2.45, 2.75) is 44.8 Å². The average Bonchev–Trinajstić information content (AvgIpc) is 2.62. The molecule has 0 radical (unpaired) electrons. The second-order valence-electron chi connectivity index (χ2n) is 7.74. The van der Waals surface area contributed by atoms with Crippen LogP contribution in [0, 0.1) is 18.8 Å². The molecule has 0 saturated heterocycles. The third-order valence-electron chi connectivity index (χ3n) is 6.21. The highest BCUT2D eigenvalue weighted by atomic mass is 16.7. The van der Waals surface area contributed by atoms with Crippen LogP contribution in [0.25, 0.3) is 0 Å². The SMILES string of the molecule is COc1ccc2c(c1)O[C@]13Oc4cc(C)ccc4C[C@H]1CCC[C@@H]3C2. The lowest BCUT2D eigenvalue weighted by Gasteiger charge is -2.53. The molecule has 0 unspecified atom stereocenters. The molecule has 3 atom stereocenters. The Bertz CT molecular complexity index is 828. The number of rotatable bonds is 1. The van der Waals surface area contributed by atoms with Gasteiger partial charge in [0.15, 0.2) is 0 Å². The maximum absolute atomic E-state index is 6.68. The third kappa shape index (κ3) is 2.25. The highest BCUT2D eigenvalue weighted by Gasteiger charge is 2.56. The van der Waals surface area contributed by atoms with Crippen LogP contribution in [0.3, 0.4) is 0 Å². The second kappa shape index (κ2) is 5.42.